The van der Waals surface area contributed by atoms with Crippen molar-refractivity contribution in [1.82, 2.24) is 5.32 Å². The van der Waals surface area contributed by atoms with Gasteiger partial charge in [-0.2, -0.15) is 13.2 Å². The second kappa shape index (κ2) is 7.69. The Hall–Kier alpha value is -1.16. The van der Waals surface area contributed by atoms with Crippen LogP contribution in [0.4, 0.5) is 13.2 Å². The fraction of sp³-hybridized carbons (Fsp3) is 0.611. The predicted octanol–water partition coefficient (Wildman–Crippen LogP) is 4.03. The molecule has 0 aromatic heterocycles. The van der Waals surface area contributed by atoms with E-state index in [1.54, 1.807) is 12.1 Å². The van der Waals surface area contributed by atoms with Crippen LogP contribution >= 0.6 is 15.9 Å². The van der Waals surface area contributed by atoms with Gasteiger partial charge in [-0.15, -0.1) is 0 Å². The van der Waals surface area contributed by atoms with Crippen molar-refractivity contribution in [2.45, 2.75) is 43.7 Å². The van der Waals surface area contributed by atoms with E-state index in [1.165, 1.54) is 12.1 Å². The van der Waals surface area contributed by atoms with E-state index in [0.29, 0.717) is 24.1 Å². The van der Waals surface area contributed by atoms with Gasteiger partial charge in [-0.1, -0.05) is 28.1 Å². The van der Waals surface area contributed by atoms with Crippen LogP contribution in [0.1, 0.15) is 37.3 Å². The van der Waals surface area contributed by atoms with E-state index in [4.69, 9.17) is 9.47 Å². The highest BCUT2D eigenvalue weighted by Crippen LogP contribution is 2.55. The van der Waals surface area contributed by atoms with Crippen molar-refractivity contribution in [3.63, 3.8) is 0 Å². The molecule has 2 fully saturated rings. The van der Waals surface area contributed by atoms with Gasteiger partial charge in [0.15, 0.2) is 5.79 Å². The highest BCUT2D eigenvalue weighted by atomic mass is 79.9. The molecule has 5 nitrogen and oxygen atoms in total. The molecule has 0 radical (unpaired) electrons. The van der Waals surface area contributed by atoms with Crippen molar-refractivity contribution in [3.8, 4) is 0 Å². The summed E-state index contributed by atoms with van der Waals surface area (Å²) >= 11 is 3.21. The highest BCUT2D eigenvalue weighted by molar-refractivity contribution is 9.10. The number of halogens is 4. The summed E-state index contributed by atoms with van der Waals surface area (Å²) in [5.74, 6) is -1.76. The summed E-state index contributed by atoms with van der Waals surface area (Å²) in [7, 11) is 0. The normalized spacial score (nSPS) is 21.8. The molecule has 3 rings (SSSR count). The molecule has 2 N–H and O–H groups in total. The van der Waals surface area contributed by atoms with Crippen molar-refractivity contribution in [1.29, 1.82) is 0 Å². The summed E-state index contributed by atoms with van der Waals surface area (Å²) in [6, 6.07) is 4.16. The molecule has 1 saturated carbocycles. The van der Waals surface area contributed by atoms with Crippen LogP contribution in [0.15, 0.2) is 28.7 Å². The summed E-state index contributed by atoms with van der Waals surface area (Å²) in [6.07, 6.45) is -3.37. The Morgan fingerprint density at radius 1 is 1.22 bits per heavy atom. The minimum atomic E-state index is -4.44. The van der Waals surface area contributed by atoms with Gasteiger partial charge in [0.25, 0.3) is 0 Å². The quantitative estimate of drug-likeness (QED) is 0.612. The first kappa shape index (κ1) is 20.6. The van der Waals surface area contributed by atoms with Gasteiger partial charge in [0.2, 0.25) is 0 Å². The number of hydrogen-bond acceptors (Lipinski definition) is 4. The predicted molar refractivity (Wildman–Crippen MR) is 94.1 cm³/mol. The number of rotatable bonds is 7. The summed E-state index contributed by atoms with van der Waals surface area (Å²) in [6.45, 7) is 0.944. The number of carboxylic acid groups (broad SMARTS) is 1. The molecule has 9 heteroatoms. The lowest BCUT2D eigenvalue weighted by Crippen LogP contribution is -2.56. The number of carboxylic acids is 1. The maximum atomic E-state index is 13.4. The van der Waals surface area contributed by atoms with Crippen LogP contribution in [0, 0.1) is 5.41 Å². The van der Waals surface area contributed by atoms with Crippen LogP contribution in [0.25, 0.3) is 0 Å². The van der Waals surface area contributed by atoms with Gasteiger partial charge >= 0.3 is 12.1 Å². The van der Waals surface area contributed by atoms with E-state index < -0.39 is 29.4 Å². The molecule has 0 unspecified atom stereocenters. The Morgan fingerprint density at radius 2 is 1.81 bits per heavy atom. The molecular formula is C18H21BrF3NO4. The molecule has 2 aliphatic rings. The van der Waals surface area contributed by atoms with Gasteiger partial charge in [0.1, 0.15) is 6.04 Å². The minimum absolute atomic E-state index is 0.0595. The van der Waals surface area contributed by atoms with Crippen LogP contribution < -0.4 is 5.32 Å². The fourth-order valence-corrected chi connectivity index (χ4v) is 4.13. The van der Waals surface area contributed by atoms with E-state index in [9.17, 15) is 23.1 Å². The van der Waals surface area contributed by atoms with Crippen molar-refractivity contribution >= 4 is 21.9 Å². The number of ether oxygens (including phenoxy) is 2. The molecule has 1 atom stereocenters. The van der Waals surface area contributed by atoms with Gasteiger partial charge in [-0.05, 0) is 37.1 Å². The zero-order chi connectivity index (χ0) is 19.7. The van der Waals surface area contributed by atoms with Crippen LogP contribution in [-0.4, -0.2) is 42.8 Å². The Kier molecular flexibility index (Phi) is 5.86. The number of benzene rings is 1. The second-order valence-electron chi connectivity index (χ2n) is 7.13. The zero-order valence-corrected chi connectivity index (χ0v) is 16.1. The average Bonchev–Trinajstić information content (AvgIpc) is 3.03. The molecule has 1 aromatic carbocycles. The van der Waals surface area contributed by atoms with Crippen molar-refractivity contribution in [2.24, 2.45) is 5.41 Å². The fourth-order valence-electron chi connectivity index (χ4n) is 3.87. The van der Waals surface area contributed by atoms with Crippen LogP contribution in [0.5, 0.6) is 0 Å². The summed E-state index contributed by atoms with van der Waals surface area (Å²) in [4.78, 5) is 11.7. The molecule has 1 aromatic rings. The second-order valence-corrected chi connectivity index (χ2v) is 8.05. The first-order valence-corrected chi connectivity index (χ1v) is 9.52. The number of alkyl halides is 3. The van der Waals surface area contributed by atoms with Gasteiger partial charge in [0.05, 0.1) is 18.6 Å². The molecule has 1 heterocycles. The first-order valence-electron chi connectivity index (χ1n) is 8.73. The molecule has 1 aliphatic heterocycles. The summed E-state index contributed by atoms with van der Waals surface area (Å²) < 4.78 is 51.8. The van der Waals surface area contributed by atoms with E-state index in [-0.39, 0.29) is 31.4 Å². The van der Waals surface area contributed by atoms with Crippen LogP contribution in [-0.2, 0) is 14.3 Å². The number of aliphatic carboxylic acids is 1. The molecule has 150 valence electrons. The Morgan fingerprint density at radius 3 is 2.33 bits per heavy atom. The number of carbonyl (C=O) groups is 1. The van der Waals surface area contributed by atoms with E-state index in [2.05, 4.69) is 21.2 Å². The highest BCUT2D eigenvalue weighted by Gasteiger charge is 2.62. The minimum Gasteiger partial charge on any atom is -0.481 e. The molecule has 0 bridgehead atoms. The third-order valence-corrected chi connectivity index (χ3v) is 5.72. The molecule has 0 amide bonds. The monoisotopic (exact) mass is 451 g/mol. The van der Waals surface area contributed by atoms with Gasteiger partial charge in [0, 0.05) is 17.3 Å². The lowest BCUT2D eigenvalue weighted by Gasteiger charge is -2.50. The molecule has 1 spiro atoms. The van der Waals surface area contributed by atoms with Crippen LogP contribution in [0.3, 0.4) is 0 Å². The molecular weight excluding hydrogens is 431 g/mol. The SMILES string of the molecule is O=C(O)C1(CCCN[C@@H](c2ccc(Br)cc2)C(F)(F)F)CC2(C1)OCCO2. The van der Waals surface area contributed by atoms with Crippen molar-refractivity contribution < 1.29 is 32.5 Å². The Bertz CT molecular complexity index is 666. The van der Waals surface area contributed by atoms with E-state index >= 15 is 0 Å². The zero-order valence-electron chi connectivity index (χ0n) is 14.5. The van der Waals surface area contributed by atoms with Crippen LogP contribution in [0.2, 0.25) is 0 Å². The van der Waals surface area contributed by atoms with Crippen molar-refractivity contribution in [2.75, 3.05) is 19.8 Å². The average molecular weight is 452 g/mol. The largest absolute Gasteiger partial charge is 0.481 e. The van der Waals surface area contributed by atoms with Gasteiger partial charge < -0.3 is 19.9 Å². The third-order valence-electron chi connectivity index (χ3n) is 5.19. The summed E-state index contributed by atoms with van der Waals surface area (Å²) in [5, 5.41) is 12.1. The Labute approximate surface area is 163 Å². The Balaban J connectivity index is 1.55. The smallest absolute Gasteiger partial charge is 0.407 e. The number of nitrogens with one attached hydrogen (secondary N) is 1. The maximum Gasteiger partial charge on any atom is 0.407 e. The standard InChI is InChI=1S/C18H21BrF3NO4/c19-13-4-2-12(3-5-13)14(18(20,21)22)23-7-1-6-16(15(24)25)10-17(11-16)26-8-9-27-17/h2-5,14,23H,1,6-11H2,(H,24,25)/t14-/m0/s1. The molecule has 1 saturated heterocycles. The summed E-state index contributed by atoms with van der Waals surface area (Å²) in [5.41, 5.74) is -0.869. The van der Waals surface area contributed by atoms with Crippen molar-refractivity contribution in [3.05, 3.63) is 34.3 Å². The lowest BCUT2D eigenvalue weighted by molar-refractivity contribution is -0.264. The van der Waals surface area contributed by atoms with E-state index in [1.807, 2.05) is 0 Å². The third kappa shape index (κ3) is 4.47. The molecule has 1 aliphatic carbocycles. The van der Waals surface area contributed by atoms with E-state index in [0.717, 1.165) is 0 Å². The lowest BCUT2D eigenvalue weighted by atomic mass is 9.62. The van der Waals surface area contributed by atoms with Gasteiger partial charge in [-0.3, -0.25) is 4.79 Å². The molecule has 27 heavy (non-hydrogen) atoms. The number of hydrogen-bond donors (Lipinski definition) is 2. The first-order chi connectivity index (χ1) is 12.7. The maximum absolute atomic E-state index is 13.4. The topological polar surface area (TPSA) is 67.8 Å². The van der Waals surface area contributed by atoms with Gasteiger partial charge in [-0.25, -0.2) is 0 Å².